The van der Waals surface area contributed by atoms with Crippen LogP contribution in [0.4, 0.5) is 0 Å². The molecule has 0 spiro atoms. The topological polar surface area (TPSA) is 29.1 Å². The van der Waals surface area contributed by atoms with Crippen LogP contribution in [0.3, 0.4) is 0 Å². The Morgan fingerprint density at radius 3 is 2.44 bits per heavy atom. The SMILES string of the molecule is CC[C@@H](C)NC(=O)C1(c2ccccc2)CCCC1. The van der Waals surface area contributed by atoms with E-state index in [4.69, 9.17) is 0 Å². The van der Waals surface area contributed by atoms with E-state index >= 15 is 0 Å². The van der Waals surface area contributed by atoms with E-state index in [1.54, 1.807) is 0 Å². The Kier molecular flexibility index (Phi) is 4.05. The van der Waals surface area contributed by atoms with Gasteiger partial charge in [0.1, 0.15) is 0 Å². The maximum Gasteiger partial charge on any atom is 0.230 e. The second-order valence-corrected chi connectivity index (χ2v) is 5.44. The monoisotopic (exact) mass is 245 g/mol. The molecule has 1 aliphatic carbocycles. The molecular formula is C16H23NO. The van der Waals surface area contributed by atoms with Crippen molar-refractivity contribution in [1.29, 1.82) is 0 Å². The second-order valence-electron chi connectivity index (χ2n) is 5.44. The van der Waals surface area contributed by atoms with Crippen LogP contribution in [-0.4, -0.2) is 11.9 Å². The number of carbonyl (C=O) groups excluding carboxylic acids is 1. The number of amides is 1. The van der Waals surface area contributed by atoms with Gasteiger partial charge in [0.2, 0.25) is 5.91 Å². The van der Waals surface area contributed by atoms with Crippen molar-refractivity contribution in [1.82, 2.24) is 5.32 Å². The van der Waals surface area contributed by atoms with Crippen molar-refractivity contribution in [3.63, 3.8) is 0 Å². The molecule has 0 radical (unpaired) electrons. The second kappa shape index (κ2) is 5.55. The highest BCUT2D eigenvalue weighted by Gasteiger charge is 2.42. The molecule has 1 amide bonds. The Morgan fingerprint density at radius 1 is 1.28 bits per heavy atom. The van der Waals surface area contributed by atoms with Gasteiger partial charge < -0.3 is 5.32 Å². The van der Waals surface area contributed by atoms with Gasteiger partial charge in [0.15, 0.2) is 0 Å². The quantitative estimate of drug-likeness (QED) is 0.865. The predicted octanol–water partition coefficient (Wildman–Crippen LogP) is 3.41. The lowest BCUT2D eigenvalue weighted by atomic mass is 9.78. The van der Waals surface area contributed by atoms with Crippen LogP contribution in [-0.2, 0) is 10.2 Å². The molecule has 2 heteroatoms. The molecule has 1 aromatic carbocycles. The highest BCUT2D eigenvalue weighted by Crippen LogP contribution is 2.41. The molecule has 1 aliphatic rings. The van der Waals surface area contributed by atoms with E-state index in [9.17, 15) is 4.79 Å². The van der Waals surface area contributed by atoms with Crippen LogP contribution in [0.2, 0.25) is 0 Å². The minimum absolute atomic E-state index is 0.223. The van der Waals surface area contributed by atoms with Crippen LogP contribution < -0.4 is 5.32 Å². The summed E-state index contributed by atoms with van der Waals surface area (Å²) in [5, 5.41) is 3.17. The highest BCUT2D eigenvalue weighted by atomic mass is 16.2. The third kappa shape index (κ3) is 2.43. The molecule has 1 aromatic rings. The number of benzene rings is 1. The van der Waals surface area contributed by atoms with E-state index < -0.39 is 0 Å². The smallest absolute Gasteiger partial charge is 0.230 e. The Bertz CT molecular complexity index is 393. The zero-order valence-electron chi connectivity index (χ0n) is 11.4. The minimum Gasteiger partial charge on any atom is -0.353 e. The Hall–Kier alpha value is -1.31. The van der Waals surface area contributed by atoms with Gasteiger partial charge in [0, 0.05) is 6.04 Å². The molecule has 2 rings (SSSR count). The third-order valence-electron chi connectivity index (χ3n) is 4.21. The van der Waals surface area contributed by atoms with Gasteiger partial charge in [0.05, 0.1) is 5.41 Å². The zero-order chi connectivity index (χ0) is 13.0. The lowest BCUT2D eigenvalue weighted by Crippen LogP contribution is -2.45. The Morgan fingerprint density at radius 2 is 1.89 bits per heavy atom. The van der Waals surface area contributed by atoms with Crippen molar-refractivity contribution in [2.24, 2.45) is 0 Å². The first kappa shape index (κ1) is 13.1. The van der Waals surface area contributed by atoms with Gasteiger partial charge in [0.25, 0.3) is 0 Å². The van der Waals surface area contributed by atoms with Crippen LogP contribution in [0, 0.1) is 0 Å². The summed E-state index contributed by atoms with van der Waals surface area (Å²) in [7, 11) is 0. The van der Waals surface area contributed by atoms with Crippen LogP contribution >= 0.6 is 0 Å². The van der Waals surface area contributed by atoms with Gasteiger partial charge in [-0.2, -0.15) is 0 Å². The molecule has 18 heavy (non-hydrogen) atoms. The first-order valence-corrected chi connectivity index (χ1v) is 7.05. The van der Waals surface area contributed by atoms with Crippen LogP contribution in [0.5, 0.6) is 0 Å². The summed E-state index contributed by atoms with van der Waals surface area (Å²) in [6, 6.07) is 10.5. The lowest BCUT2D eigenvalue weighted by molar-refractivity contribution is -0.127. The maximum absolute atomic E-state index is 12.6. The zero-order valence-corrected chi connectivity index (χ0v) is 11.4. The van der Waals surface area contributed by atoms with Crippen molar-refractivity contribution in [2.75, 3.05) is 0 Å². The average molecular weight is 245 g/mol. The van der Waals surface area contributed by atoms with Gasteiger partial charge in [-0.05, 0) is 31.7 Å². The number of rotatable bonds is 4. The molecule has 0 heterocycles. The fourth-order valence-electron chi connectivity index (χ4n) is 2.85. The molecule has 1 fully saturated rings. The lowest BCUT2D eigenvalue weighted by Gasteiger charge is -2.29. The van der Waals surface area contributed by atoms with Gasteiger partial charge in [-0.25, -0.2) is 0 Å². The summed E-state index contributed by atoms with van der Waals surface area (Å²) in [5.74, 6) is 0.223. The summed E-state index contributed by atoms with van der Waals surface area (Å²) in [6.07, 6.45) is 5.26. The van der Waals surface area contributed by atoms with Crippen LogP contribution in [0.25, 0.3) is 0 Å². The predicted molar refractivity (Wildman–Crippen MR) is 74.5 cm³/mol. The van der Waals surface area contributed by atoms with E-state index in [0.717, 1.165) is 32.1 Å². The molecule has 1 N–H and O–H groups in total. The number of hydrogen-bond acceptors (Lipinski definition) is 1. The number of nitrogens with one attached hydrogen (secondary N) is 1. The van der Waals surface area contributed by atoms with Crippen molar-refractivity contribution >= 4 is 5.91 Å². The highest BCUT2D eigenvalue weighted by molar-refractivity contribution is 5.88. The first-order valence-electron chi connectivity index (χ1n) is 7.05. The molecule has 0 aromatic heterocycles. The van der Waals surface area contributed by atoms with E-state index in [2.05, 4.69) is 31.3 Å². The molecule has 0 unspecified atom stereocenters. The van der Waals surface area contributed by atoms with Gasteiger partial charge in [-0.1, -0.05) is 50.1 Å². The molecule has 0 aliphatic heterocycles. The largest absolute Gasteiger partial charge is 0.353 e. The molecule has 2 nitrogen and oxygen atoms in total. The fourth-order valence-corrected chi connectivity index (χ4v) is 2.85. The van der Waals surface area contributed by atoms with Gasteiger partial charge in [-0.3, -0.25) is 4.79 Å². The van der Waals surface area contributed by atoms with Crippen LogP contribution in [0.1, 0.15) is 51.5 Å². The number of hydrogen-bond donors (Lipinski definition) is 1. The molecule has 0 bridgehead atoms. The first-order chi connectivity index (χ1) is 8.69. The maximum atomic E-state index is 12.6. The Labute approximate surface area is 110 Å². The average Bonchev–Trinajstić information content (AvgIpc) is 2.90. The Balaban J connectivity index is 2.25. The summed E-state index contributed by atoms with van der Waals surface area (Å²) >= 11 is 0. The van der Waals surface area contributed by atoms with Crippen molar-refractivity contribution in [2.45, 2.75) is 57.4 Å². The van der Waals surface area contributed by atoms with E-state index in [1.165, 1.54) is 5.56 Å². The number of carbonyl (C=O) groups is 1. The van der Waals surface area contributed by atoms with Gasteiger partial charge in [-0.15, -0.1) is 0 Å². The van der Waals surface area contributed by atoms with Crippen molar-refractivity contribution in [3.8, 4) is 0 Å². The van der Waals surface area contributed by atoms with E-state index in [1.807, 2.05) is 18.2 Å². The molecule has 1 atom stereocenters. The summed E-state index contributed by atoms with van der Waals surface area (Å²) in [4.78, 5) is 12.6. The van der Waals surface area contributed by atoms with Crippen LogP contribution in [0.15, 0.2) is 30.3 Å². The summed E-state index contributed by atoms with van der Waals surface area (Å²) in [6.45, 7) is 4.18. The minimum atomic E-state index is -0.273. The third-order valence-corrected chi connectivity index (χ3v) is 4.21. The molecular weight excluding hydrogens is 222 g/mol. The summed E-state index contributed by atoms with van der Waals surface area (Å²) < 4.78 is 0. The standard InChI is InChI=1S/C16H23NO/c1-3-13(2)17-15(18)16(11-7-8-12-16)14-9-5-4-6-10-14/h4-6,9-10,13H,3,7-8,11-12H2,1-2H3,(H,17,18)/t13-/m1/s1. The summed E-state index contributed by atoms with van der Waals surface area (Å²) in [5.41, 5.74) is 0.910. The fraction of sp³-hybridized carbons (Fsp3) is 0.562. The van der Waals surface area contributed by atoms with Crippen molar-refractivity contribution in [3.05, 3.63) is 35.9 Å². The van der Waals surface area contributed by atoms with Crippen molar-refractivity contribution < 1.29 is 4.79 Å². The van der Waals surface area contributed by atoms with E-state index in [0.29, 0.717) is 0 Å². The molecule has 98 valence electrons. The molecule has 0 saturated heterocycles. The molecule has 1 saturated carbocycles. The normalized spacial score (nSPS) is 19.4. The van der Waals surface area contributed by atoms with Gasteiger partial charge >= 0.3 is 0 Å². The van der Waals surface area contributed by atoms with E-state index in [-0.39, 0.29) is 17.4 Å².